The van der Waals surface area contributed by atoms with E-state index in [1.807, 2.05) is 20.8 Å². The van der Waals surface area contributed by atoms with Gasteiger partial charge in [0.15, 0.2) is 5.96 Å². The van der Waals surface area contributed by atoms with E-state index in [0.29, 0.717) is 18.3 Å². The summed E-state index contributed by atoms with van der Waals surface area (Å²) in [5, 5.41) is 8.62. The average molecular weight is 502 g/mol. The van der Waals surface area contributed by atoms with Crippen molar-refractivity contribution >= 4 is 35.8 Å². The highest BCUT2D eigenvalue weighted by molar-refractivity contribution is 14.0. The smallest absolute Gasteiger partial charge is 0.416 e. The van der Waals surface area contributed by atoms with Gasteiger partial charge in [0.05, 0.1) is 18.7 Å². The maximum Gasteiger partial charge on any atom is 0.416 e. The molecule has 1 aromatic rings. The number of ether oxygens (including phenoxy) is 1. The van der Waals surface area contributed by atoms with E-state index in [4.69, 9.17) is 4.74 Å². The van der Waals surface area contributed by atoms with Crippen molar-refractivity contribution in [3.05, 3.63) is 29.8 Å². The van der Waals surface area contributed by atoms with Crippen LogP contribution in [0.25, 0.3) is 0 Å². The second-order valence-corrected chi connectivity index (χ2v) is 6.52. The van der Waals surface area contributed by atoms with Crippen molar-refractivity contribution in [3.63, 3.8) is 0 Å². The van der Waals surface area contributed by atoms with Gasteiger partial charge in [0.1, 0.15) is 12.4 Å². The number of halogens is 4. The number of benzene rings is 1. The molecule has 0 atom stereocenters. The number of alkyl halides is 3. The summed E-state index contributed by atoms with van der Waals surface area (Å²) in [4.78, 5) is 15.7. The Hall–Kier alpha value is -1.72. The average Bonchev–Trinajstić information content (AvgIpc) is 2.52. The van der Waals surface area contributed by atoms with Crippen molar-refractivity contribution in [1.82, 2.24) is 16.0 Å². The van der Waals surface area contributed by atoms with Gasteiger partial charge in [0, 0.05) is 12.6 Å². The van der Waals surface area contributed by atoms with Gasteiger partial charge in [-0.15, -0.1) is 24.0 Å². The third-order valence-electron chi connectivity index (χ3n) is 3.00. The molecule has 0 heterocycles. The zero-order valence-electron chi connectivity index (χ0n) is 15.7. The first-order valence-corrected chi connectivity index (χ1v) is 8.07. The van der Waals surface area contributed by atoms with Gasteiger partial charge < -0.3 is 20.7 Å². The van der Waals surface area contributed by atoms with Crippen LogP contribution >= 0.6 is 24.0 Å². The molecule has 0 fully saturated rings. The summed E-state index contributed by atoms with van der Waals surface area (Å²) in [5.41, 5.74) is -1.04. The number of hydrogen-bond donors (Lipinski definition) is 3. The minimum atomic E-state index is -4.36. The highest BCUT2D eigenvalue weighted by atomic mass is 127. The number of nitrogens with one attached hydrogen (secondary N) is 3. The minimum Gasteiger partial charge on any atom is -0.492 e. The van der Waals surface area contributed by atoms with Crippen molar-refractivity contribution in [2.75, 3.05) is 26.7 Å². The third kappa shape index (κ3) is 10.9. The van der Waals surface area contributed by atoms with Gasteiger partial charge in [-0.1, -0.05) is 0 Å². The maximum absolute atomic E-state index is 12.5. The van der Waals surface area contributed by atoms with Crippen LogP contribution in [0.4, 0.5) is 13.2 Å². The molecule has 1 amide bonds. The van der Waals surface area contributed by atoms with Crippen LogP contribution in [0.15, 0.2) is 29.3 Å². The number of carbonyl (C=O) groups excluding carboxylic acids is 1. The van der Waals surface area contributed by atoms with Crippen molar-refractivity contribution in [2.45, 2.75) is 32.5 Å². The van der Waals surface area contributed by atoms with Crippen LogP contribution in [0.2, 0.25) is 0 Å². The molecular formula is C17H26F3IN4O2. The first kappa shape index (κ1) is 25.3. The lowest BCUT2D eigenvalue weighted by Crippen LogP contribution is -2.48. The first-order valence-electron chi connectivity index (χ1n) is 8.07. The second kappa shape index (κ2) is 11.2. The Bertz CT molecular complexity index is 614. The van der Waals surface area contributed by atoms with Crippen LogP contribution < -0.4 is 20.7 Å². The Morgan fingerprint density at radius 1 is 1.11 bits per heavy atom. The van der Waals surface area contributed by atoms with E-state index in [9.17, 15) is 18.0 Å². The van der Waals surface area contributed by atoms with Crippen molar-refractivity contribution in [2.24, 2.45) is 4.99 Å². The molecule has 0 aliphatic carbocycles. The molecule has 0 aliphatic heterocycles. The van der Waals surface area contributed by atoms with Gasteiger partial charge in [-0.05, 0) is 45.0 Å². The highest BCUT2D eigenvalue weighted by Crippen LogP contribution is 2.30. The number of nitrogens with zero attached hydrogens (tertiary/aromatic N) is 1. The standard InChI is InChI=1S/C17H25F3N4O2.HI/c1-16(2,3)24-14(25)11-23-15(21-4)22-9-10-26-13-7-5-12(6-8-13)17(18,19)20;/h5-8H,9-11H2,1-4H3,(H,24,25)(H2,21,22,23);1H. The topological polar surface area (TPSA) is 74.8 Å². The Balaban J connectivity index is 0.00000676. The molecule has 0 unspecified atom stereocenters. The highest BCUT2D eigenvalue weighted by Gasteiger charge is 2.29. The molecular weight excluding hydrogens is 476 g/mol. The summed E-state index contributed by atoms with van der Waals surface area (Å²) < 4.78 is 42.8. The molecule has 0 aliphatic rings. The van der Waals surface area contributed by atoms with E-state index in [1.165, 1.54) is 12.1 Å². The lowest BCUT2D eigenvalue weighted by molar-refractivity contribution is -0.137. The molecule has 0 bridgehead atoms. The Kier molecular flexibility index (Phi) is 10.5. The number of amides is 1. The van der Waals surface area contributed by atoms with E-state index < -0.39 is 11.7 Å². The number of aliphatic imine (C=N–C) groups is 1. The molecule has 0 radical (unpaired) electrons. The largest absolute Gasteiger partial charge is 0.492 e. The normalized spacial score (nSPS) is 12.0. The van der Waals surface area contributed by atoms with Crippen LogP contribution in [0.1, 0.15) is 26.3 Å². The molecule has 27 heavy (non-hydrogen) atoms. The lowest BCUT2D eigenvalue weighted by atomic mass is 10.1. The quantitative estimate of drug-likeness (QED) is 0.242. The van der Waals surface area contributed by atoms with E-state index in [0.717, 1.165) is 12.1 Å². The fraction of sp³-hybridized carbons (Fsp3) is 0.529. The number of guanidine groups is 1. The summed E-state index contributed by atoms with van der Waals surface area (Å²) in [7, 11) is 1.56. The molecule has 154 valence electrons. The molecule has 1 rings (SSSR count). The molecule has 0 spiro atoms. The van der Waals surface area contributed by atoms with E-state index in [2.05, 4.69) is 20.9 Å². The fourth-order valence-electron chi connectivity index (χ4n) is 1.93. The molecule has 6 nitrogen and oxygen atoms in total. The Labute approximate surface area is 174 Å². The van der Waals surface area contributed by atoms with E-state index in [1.54, 1.807) is 7.05 Å². The zero-order valence-corrected chi connectivity index (χ0v) is 18.1. The summed E-state index contributed by atoms with van der Waals surface area (Å²) in [6.45, 7) is 6.31. The molecule has 10 heteroatoms. The summed E-state index contributed by atoms with van der Waals surface area (Å²) in [6, 6.07) is 4.48. The van der Waals surface area contributed by atoms with Crippen molar-refractivity contribution in [3.8, 4) is 5.75 Å². The van der Waals surface area contributed by atoms with E-state index >= 15 is 0 Å². The van der Waals surface area contributed by atoms with Crippen LogP contribution in [-0.2, 0) is 11.0 Å². The predicted octanol–water partition coefficient (Wildman–Crippen LogP) is 2.78. The number of carbonyl (C=O) groups is 1. The zero-order chi connectivity index (χ0) is 19.8. The van der Waals surface area contributed by atoms with Crippen molar-refractivity contribution < 1.29 is 22.7 Å². The minimum absolute atomic E-state index is 0. The van der Waals surface area contributed by atoms with Gasteiger partial charge in [0.2, 0.25) is 5.91 Å². The predicted molar refractivity (Wildman–Crippen MR) is 110 cm³/mol. The fourth-order valence-corrected chi connectivity index (χ4v) is 1.93. The number of hydrogen-bond acceptors (Lipinski definition) is 3. The molecule has 0 saturated carbocycles. The Morgan fingerprint density at radius 2 is 1.70 bits per heavy atom. The SMILES string of the molecule is CN=C(NCCOc1ccc(C(F)(F)F)cc1)NCC(=O)NC(C)(C)C.I. The van der Waals surface area contributed by atoms with Crippen molar-refractivity contribution in [1.29, 1.82) is 0 Å². The Morgan fingerprint density at radius 3 is 2.19 bits per heavy atom. The molecule has 1 aromatic carbocycles. The summed E-state index contributed by atoms with van der Waals surface area (Å²) in [5.74, 6) is 0.596. The second-order valence-electron chi connectivity index (χ2n) is 6.52. The van der Waals surface area contributed by atoms with Gasteiger partial charge in [0.25, 0.3) is 0 Å². The lowest BCUT2D eigenvalue weighted by Gasteiger charge is -2.21. The van der Waals surface area contributed by atoms with Gasteiger partial charge in [-0.3, -0.25) is 9.79 Å². The summed E-state index contributed by atoms with van der Waals surface area (Å²) in [6.07, 6.45) is -4.36. The van der Waals surface area contributed by atoms with Gasteiger partial charge >= 0.3 is 6.18 Å². The number of rotatable bonds is 6. The molecule has 0 aromatic heterocycles. The first-order chi connectivity index (χ1) is 12.0. The van der Waals surface area contributed by atoms with Crippen LogP contribution in [0.5, 0.6) is 5.75 Å². The third-order valence-corrected chi connectivity index (χ3v) is 3.00. The van der Waals surface area contributed by atoms with Crippen LogP contribution in [-0.4, -0.2) is 44.1 Å². The van der Waals surface area contributed by atoms with Gasteiger partial charge in [-0.25, -0.2) is 0 Å². The molecule has 0 saturated heterocycles. The van der Waals surface area contributed by atoms with E-state index in [-0.39, 0.29) is 48.6 Å². The summed E-state index contributed by atoms with van der Waals surface area (Å²) >= 11 is 0. The maximum atomic E-state index is 12.5. The van der Waals surface area contributed by atoms with Crippen LogP contribution in [0, 0.1) is 0 Å². The monoisotopic (exact) mass is 502 g/mol. The van der Waals surface area contributed by atoms with Gasteiger partial charge in [-0.2, -0.15) is 13.2 Å². The van der Waals surface area contributed by atoms with Crippen LogP contribution in [0.3, 0.4) is 0 Å². The molecule has 3 N–H and O–H groups in total.